The molecular formula is C28H29N3O4S. The summed E-state index contributed by atoms with van der Waals surface area (Å²) in [5, 5.41) is 7.01. The number of amides is 1. The second-order valence-electron chi connectivity index (χ2n) is 9.06. The largest absolute Gasteiger partial charge is 0.497 e. The predicted octanol–water partition coefficient (Wildman–Crippen LogP) is 5.20. The predicted molar refractivity (Wildman–Crippen MR) is 144 cm³/mol. The van der Waals surface area contributed by atoms with Crippen molar-refractivity contribution in [2.24, 2.45) is 5.92 Å². The molecule has 0 saturated carbocycles. The topological polar surface area (TPSA) is 72.1 Å². The number of thiocarbonyl (C=S) groups is 1. The second kappa shape index (κ2) is 9.35. The summed E-state index contributed by atoms with van der Waals surface area (Å²) < 4.78 is 17.9. The number of benzene rings is 3. The van der Waals surface area contributed by atoms with Crippen LogP contribution < -0.4 is 29.7 Å². The fourth-order valence-corrected chi connectivity index (χ4v) is 5.50. The fourth-order valence-electron chi connectivity index (χ4n) is 5.09. The smallest absolute Gasteiger partial charge is 0.236 e. The summed E-state index contributed by atoms with van der Waals surface area (Å²) in [4.78, 5) is 15.8. The molecule has 3 aromatic carbocycles. The molecule has 1 fully saturated rings. The molecule has 3 unspecified atom stereocenters. The molecule has 0 radical (unpaired) electrons. The van der Waals surface area contributed by atoms with Gasteiger partial charge in [-0.25, -0.2) is 0 Å². The van der Waals surface area contributed by atoms with E-state index >= 15 is 0 Å². The Bertz CT molecular complexity index is 1310. The molecule has 7 nitrogen and oxygen atoms in total. The molecule has 3 aromatic rings. The average Bonchev–Trinajstić information content (AvgIpc) is 2.84. The van der Waals surface area contributed by atoms with Gasteiger partial charge in [-0.3, -0.25) is 9.69 Å². The van der Waals surface area contributed by atoms with E-state index in [4.69, 9.17) is 26.4 Å². The van der Waals surface area contributed by atoms with Crippen LogP contribution >= 0.6 is 12.2 Å². The number of nitrogens with zero attached hydrogens (tertiary/aromatic N) is 1. The van der Waals surface area contributed by atoms with Crippen molar-refractivity contribution >= 4 is 34.6 Å². The van der Waals surface area contributed by atoms with E-state index in [0.717, 1.165) is 16.8 Å². The van der Waals surface area contributed by atoms with Crippen LogP contribution in [0.5, 0.6) is 17.2 Å². The van der Waals surface area contributed by atoms with Gasteiger partial charge in [0.05, 0.1) is 19.8 Å². The number of hydrogen-bond acceptors (Lipinski definition) is 5. The van der Waals surface area contributed by atoms with Crippen LogP contribution in [-0.2, 0) is 4.79 Å². The van der Waals surface area contributed by atoms with Crippen molar-refractivity contribution in [2.45, 2.75) is 32.5 Å². The van der Waals surface area contributed by atoms with E-state index < -0.39 is 17.7 Å². The summed E-state index contributed by atoms with van der Waals surface area (Å²) in [6.45, 7) is 6.37. The van der Waals surface area contributed by atoms with Crippen LogP contribution in [0.15, 0.2) is 66.7 Å². The van der Waals surface area contributed by atoms with Gasteiger partial charge >= 0.3 is 0 Å². The maximum absolute atomic E-state index is 13.9. The average molecular weight is 504 g/mol. The van der Waals surface area contributed by atoms with Gasteiger partial charge in [-0.2, -0.15) is 0 Å². The third kappa shape index (κ3) is 4.01. The lowest BCUT2D eigenvalue weighted by atomic mass is 9.78. The van der Waals surface area contributed by atoms with E-state index in [1.165, 1.54) is 0 Å². The molecule has 0 aliphatic carbocycles. The fraction of sp³-hybridized carbons (Fsp3) is 0.286. The maximum Gasteiger partial charge on any atom is 0.236 e. The van der Waals surface area contributed by atoms with Crippen molar-refractivity contribution < 1.29 is 19.0 Å². The van der Waals surface area contributed by atoms with Crippen molar-refractivity contribution in [3.05, 3.63) is 77.9 Å². The van der Waals surface area contributed by atoms with Crippen LogP contribution in [0.3, 0.4) is 0 Å². The molecule has 3 atom stereocenters. The summed E-state index contributed by atoms with van der Waals surface area (Å²) in [7, 11) is 1.61. The number of anilines is 2. The van der Waals surface area contributed by atoms with Crippen molar-refractivity contribution in [1.82, 2.24) is 5.32 Å². The highest BCUT2D eigenvalue weighted by Crippen LogP contribution is 2.52. The Balaban J connectivity index is 1.62. The van der Waals surface area contributed by atoms with E-state index in [1.807, 2.05) is 92.4 Å². The van der Waals surface area contributed by atoms with Gasteiger partial charge in [0.1, 0.15) is 11.7 Å². The molecule has 8 heteroatoms. The Hall–Kier alpha value is -3.78. The standard InChI is InChI=1S/C28H29N3O4S/c1-5-34-22-11-7-10-21-24-23(26(32)29-18-12-14-20(33-4)15-13-18)28(3,35-25(21)22)31(27(36)30-24)19-9-6-8-17(2)16-19/h6-16,23-24H,5H2,1-4H3,(H,29,32)(H,30,36). The van der Waals surface area contributed by atoms with Gasteiger partial charge in [-0.05, 0) is 81.0 Å². The molecule has 36 heavy (non-hydrogen) atoms. The second-order valence-corrected chi connectivity index (χ2v) is 9.45. The van der Waals surface area contributed by atoms with Gasteiger partial charge in [0.15, 0.2) is 22.3 Å². The van der Waals surface area contributed by atoms with Crippen LogP contribution in [0.4, 0.5) is 11.4 Å². The normalized spacial score (nSPS) is 22.1. The number of carbonyl (C=O) groups excluding carboxylic acids is 1. The van der Waals surface area contributed by atoms with E-state index in [2.05, 4.69) is 10.6 Å². The lowest BCUT2D eigenvalue weighted by molar-refractivity contribution is -0.130. The van der Waals surface area contributed by atoms with E-state index in [9.17, 15) is 4.79 Å². The molecule has 2 aliphatic rings. The number of hydrogen-bond donors (Lipinski definition) is 2. The van der Waals surface area contributed by atoms with E-state index in [-0.39, 0.29) is 5.91 Å². The molecule has 1 saturated heterocycles. The number of ether oxygens (including phenoxy) is 3. The van der Waals surface area contributed by atoms with Gasteiger partial charge in [0.2, 0.25) is 5.91 Å². The minimum absolute atomic E-state index is 0.187. The van der Waals surface area contributed by atoms with Crippen LogP contribution in [0.25, 0.3) is 0 Å². The Kier molecular flexibility index (Phi) is 6.22. The quantitative estimate of drug-likeness (QED) is 0.448. The number of nitrogens with one attached hydrogen (secondary N) is 2. The van der Waals surface area contributed by atoms with Crippen LogP contribution in [0, 0.1) is 12.8 Å². The van der Waals surface area contributed by atoms with Gasteiger partial charge in [0.25, 0.3) is 0 Å². The minimum atomic E-state index is -1.13. The first kappa shape index (κ1) is 23.9. The minimum Gasteiger partial charge on any atom is -0.497 e. The number of fused-ring (bicyclic) bond motifs is 4. The zero-order valence-electron chi connectivity index (χ0n) is 20.7. The molecule has 2 heterocycles. The van der Waals surface area contributed by atoms with Gasteiger partial charge in [-0.15, -0.1) is 0 Å². The highest BCUT2D eigenvalue weighted by atomic mass is 32.1. The van der Waals surface area contributed by atoms with Crippen LogP contribution in [0.1, 0.15) is 31.0 Å². The van der Waals surface area contributed by atoms with Gasteiger partial charge in [-0.1, -0.05) is 24.3 Å². The maximum atomic E-state index is 13.9. The first-order chi connectivity index (χ1) is 17.4. The van der Waals surface area contributed by atoms with Crippen molar-refractivity contribution in [1.29, 1.82) is 0 Å². The Morgan fingerprint density at radius 3 is 2.61 bits per heavy atom. The molecule has 2 aliphatic heterocycles. The molecular weight excluding hydrogens is 474 g/mol. The summed E-state index contributed by atoms with van der Waals surface area (Å²) in [6.07, 6.45) is 0. The molecule has 1 amide bonds. The first-order valence-corrected chi connectivity index (χ1v) is 12.3. The zero-order chi connectivity index (χ0) is 25.4. The number of para-hydroxylation sites is 1. The first-order valence-electron chi connectivity index (χ1n) is 11.9. The highest BCUT2D eigenvalue weighted by Gasteiger charge is 2.59. The summed E-state index contributed by atoms with van der Waals surface area (Å²) in [5.41, 5.74) is 2.29. The van der Waals surface area contributed by atoms with E-state index in [0.29, 0.717) is 34.7 Å². The number of carbonyl (C=O) groups is 1. The van der Waals surface area contributed by atoms with Crippen LogP contribution in [0.2, 0.25) is 0 Å². The molecule has 2 N–H and O–H groups in total. The molecule has 5 rings (SSSR count). The number of aryl methyl sites for hydroxylation is 1. The zero-order valence-corrected chi connectivity index (χ0v) is 21.5. The third-order valence-corrected chi connectivity index (χ3v) is 6.99. The molecule has 0 spiro atoms. The third-order valence-electron chi connectivity index (χ3n) is 6.69. The monoisotopic (exact) mass is 503 g/mol. The van der Waals surface area contributed by atoms with Gasteiger partial charge in [0, 0.05) is 16.9 Å². The summed E-state index contributed by atoms with van der Waals surface area (Å²) in [5.74, 6) is 1.14. The summed E-state index contributed by atoms with van der Waals surface area (Å²) >= 11 is 5.85. The number of rotatable bonds is 6. The van der Waals surface area contributed by atoms with Crippen molar-refractivity contribution in [3.63, 3.8) is 0 Å². The Morgan fingerprint density at radius 1 is 1.17 bits per heavy atom. The Morgan fingerprint density at radius 2 is 1.92 bits per heavy atom. The molecule has 2 bridgehead atoms. The van der Waals surface area contributed by atoms with Gasteiger partial charge < -0.3 is 24.8 Å². The SMILES string of the molecule is CCOc1cccc2c1OC1(C)C(C(=O)Nc3ccc(OC)cc3)C2NC(=S)N1c1cccc(C)c1. The van der Waals surface area contributed by atoms with Crippen molar-refractivity contribution in [2.75, 3.05) is 23.9 Å². The summed E-state index contributed by atoms with van der Waals surface area (Å²) in [6, 6.07) is 20.6. The van der Waals surface area contributed by atoms with Crippen LogP contribution in [-0.4, -0.2) is 30.5 Å². The lowest BCUT2D eigenvalue weighted by Crippen LogP contribution is -2.72. The Labute approximate surface area is 216 Å². The number of methoxy groups -OCH3 is 1. The highest BCUT2D eigenvalue weighted by molar-refractivity contribution is 7.80. The van der Waals surface area contributed by atoms with Crippen molar-refractivity contribution in [3.8, 4) is 17.2 Å². The molecule has 186 valence electrons. The lowest BCUT2D eigenvalue weighted by Gasteiger charge is -2.56. The van der Waals surface area contributed by atoms with E-state index in [1.54, 1.807) is 7.11 Å². The molecule has 0 aromatic heterocycles.